The predicted octanol–water partition coefficient (Wildman–Crippen LogP) is 2.01. The quantitative estimate of drug-likeness (QED) is 0.660. The third-order valence-corrected chi connectivity index (χ3v) is 5.05. The van der Waals surface area contributed by atoms with Crippen LogP contribution in [0.15, 0.2) is 60.9 Å². The molecule has 6 nitrogen and oxygen atoms in total. The van der Waals surface area contributed by atoms with E-state index in [4.69, 9.17) is 12.2 Å². The maximum atomic E-state index is 13.5. The molecule has 1 aliphatic rings. The van der Waals surface area contributed by atoms with E-state index in [-0.39, 0.29) is 17.4 Å². The summed E-state index contributed by atoms with van der Waals surface area (Å²) in [5.41, 5.74) is 2.76. The van der Waals surface area contributed by atoms with Crippen molar-refractivity contribution >= 4 is 29.0 Å². The number of hydrogen-bond donors (Lipinski definition) is 2. The lowest BCUT2D eigenvalue weighted by molar-refractivity contribution is -0.311. The fraction of sp³-hybridized carbons (Fsp3) is 0.150. The molecule has 0 bridgehead atoms. The Labute approximate surface area is 166 Å². The highest BCUT2D eigenvalue weighted by Gasteiger charge is 2.39. The van der Waals surface area contributed by atoms with Crippen LogP contribution in [0.5, 0.6) is 0 Å². The fourth-order valence-corrected chi connectivity index (χ4v) is 3.81. The first-order valence-electron chi connectivity index (χ1n) is 8.67. The van der Waals surface area contributed by atoms with Gasteiger partial charge in [-0.1, -0.05) is 30.3 Å². The molecule has 0 amide bonds. The number of anilines is 1. The second-order valence-electron chi connectivity index (χ2n) is 6.46. The number of benzene rings is 2. The van der Waals surface area contributed by atoms with E-state index in [9.17, 15) is 14.3 Å². The predicted molar refractivity (Wildman–Crippen MR) is 104 cm³/mol. The fourth-order valence-electron chi connectivity index (χ4n) is 3.46. The van der Waals surface area contributed by atoms with E-state index < -0.39 is 18.1 Å². The molecule has 2 N–H and O–H groups in total. The lowest BCUT2D eigenvalue weighted by atomic mass is 9.91. The average molecular weight is 395 g/mol. The van der Waals surface area contributed by atoms with Gasteiger partial charge in [0.2, 0.25) is 0 Å². The van der Waals surface area contributed by atoms with Crippen LogP contribution in [0.25, 0.3) is 0 Å². The molecule has 2 aromatic carbocycles. The molecule has 28 heavy (non-hydrogen) atoms. The van der Waals surface area contributed by atoms with Crippen LogP contribution in [0.1, 0.15) is 23.0 Å². The number of aliphatic carboxylic acids is 1. The van der Waals surface area contributed by atoms with E-state index in [2.05, 4.69) is 15.3 Å². The van der Waals surface area contributed by atoms with Gasteiger partial charge in [0.25, 0.3) is 0 Å². The Morgan fingerprint density at radius 2 is 1.93 bits per heavy atom. The second-order valence-corrected chi connectivity index (χ2v) is 6.85. The van der Waals surface area contributed by atoms with Crippen molar-refractivity contribution in [3.8, 4) is 0 Å². The molecule has 0 radical (unpaired) electrons. The second kappa shape index (κ2) is 7.40. The van der Waals surface area contributed by atoms with E-state index in [0.29, 0.717) is 17.0 Å². The number of thiocarbonyl (C=S) groups is 1. The van der Waals surface area contributed by atoms with E-state index in [1.807, 2.05) is 30.3 Å². The first kappa shape index (κ1) is 18.1. The lowest BCUT2D eigenvalue weighted by Gasteiger charge is -2.43. The standard InChI is InChI=1S/C20H17FN4O2S/c21-13-8-6-12(7-9-13)18-17-15(22-11-23-17)10-16(19(26)27)25(18)20(28)24-14-4-2-1-3-5-14/h1-9,11,16,18H,10H2,(H,22,23)(H,24,28)(H,26,27)/p-1/t16-,18-/m0/s1. The van der Waals surface area contributed by atoms with Crippen molar-refractivity contribution in [3.63, 3.8) is 0 Å². The number of imidazole rings is 1. The van der Waals surface area contributed by atoms with Crippen molar-refractivity contribution < 1.29 is 14.3 Å². The normalized spacial score (nSPS) is 18.4. The Bertz CT molecular complexity index is 1010. The molecule has 2 atom stereocenters. The van der Waals surface area contributed by atoms with Crippen molar-refractivity contribution in [2.24, 2.45) is 0 Å². The monoisotopic (exact) mass is 395 g/mol. The summed E-state index contributed by atoms with van der Waals surface area (Å²) in [6.45, 7) is 0. The largest absolute Gasteiger partial charge is 0.548 e. The van der Waals surface area contributed by atoms with Crippen LogP contribution < -0.4 is 10.4 Å². The number of nitrogens with one attached hydrogen (secondary N) is 2. The van der Waals surface area contributed by atoms with Gasteiger partial charge in [0.05, 0.1) is 24.0 Å². The lowest BCUT2D eigenvalue weighted by Crippen LogP contribution is -2.56. The molecule has 0 fully saturated rings. The third kappa shape index (κ3) is 3.34. The Hall–Kier alpha value is -3.26. The molecule has 142 valence electrons. The summed E-state index contributed by atoms with van der Waals surface area (Å²) >= 11 is 5.57. The van der Waals surface area contributed by atoms with Gasteiger partial charge in [-0.05, 0) is 42.0 Å². The van der Waals surface area contributed by atoms with Crippen LogP contribution in [0.2, 0.25) is 0 Å². The molecular formula is C20H16FN4O2S-. The number of halogens is 1. The minimum atomic E-state index is -1.25. The number of fused-ring (bicyclic) bond motifs is 1. The number of carbonyl (C=O) groups is 1. The molecule has 0 unspecified atom stereocenters. The van der Waals surface area contributed by atoms with Gasteiger partial charge in [0.1, 0.15) is 11.9 Å². The third-order valence-electron chi connectivity index (χ3n) is 4.74. The van der Waals surface area contributed by atoms with Crippen LogP contribution in [-0.4, -0.2) is 32.0 Å². The number of aromatic nitrogens is 2. The summed E-state index contributed by atoms with van der Waals surface area (Å²) < 4.78 is 13.5. The van der Waals surface area contributed by atoms with Crippen LogP contribution in [0, 0.1) is 5.82 Å². The summed E-state index contributed by atoms with van der Waals surface area (Å²) in [4.78, 5) is 20.9. The number of para-hydroxylation sites is 1. The van der Waals surface area contributed by atoms with E-state index in [1.54, 1.807) is 17.0 Å². The Balaban J connectivity index is 1.79. The van der Waals surface area contributed by atoms with Gasteiger partial charge in [-0.25, -0.2) is 9.37 Å². The Kier molecular flexibility index (Phi) is 4.79. The molecule has 0 aliphatic carbocycles. The zero-order valence-corrected chi connectivity index (χ0v) is 15.4. The zero-order chi connectivity index (χ0) is 19.7. The SMILES string of the molecule is O=C([O-])[C@@H]1Cc2[nH]cnc2[C@H](c2ccc(F)cc2)N1C(=S)Nc1ccccc1. The van der Waals surface area contributed by atoms with Crippen LogP contribution >= 0.6 is 12.2 Å². The maximum absolute atomic E-state index is 13.5. The molecule has 1 aromatic heterocycles. The van der Waals surface area contributed by atoms with Gasteiger partial charge >= 0.3 is 0 Å². The topological polar surface area (TPSA) is 84.1 Å². The summed E-state index contributed by atoms with van der Waals surface area (Å²) in [7, 11) is 0. The molecule has 3 aromatic rings. The van der Waals surface area contributed by atoms with Crippen LogP contribution in [0.3, 0.4) is 0 Å². The minimum absolute atomic E-state index is 0.173. The van der Waals surface area contributed by atoms with Gasteiger partial charge in [-0.2, -0.15) is 0 Å². The van der Waals surface area contributed by atoms with Crippen molar-refractivity contribution in [2.45, 2.75) is 18.5 Å². The van der Waals surface area contributed by atoms with Gasteiger partial charge in [-0.3, -0.25) is 0 Å². The van der Waals surface area contributed by atoms with Crippen molar-refractivity contribution in [2.75, 3.05) is 5.32 Å². The summed E-state index contributed by atoms with van der Waals surface area (Å²) in [6, 6.07) is 13.5. The molecule has 0 saturated carbocycles. The minimum Gasteiger partial charge on any atom is -0.548 e. The van der Waals surface area contributed by atoms with Crippen LogP contribution in [-0.2, 0) is 11.2 Å². The zero-order valence-electron chi connectivity index (χ0n) is 14.6. The average Bonchev–Trinajstić information content (AvgIpc) is 3.16. The molecule has 0 spiro atoms. The summed E-state index contributed by atoms with van der Waals surface area (Å²) in [5.74, 6) is -1.63. The molecular weight excluding hydrogens is 379 g/mol. The maximum Gasteiger partial charge on any atom is 0.174 e. The Morgan fingerprint density at radius 1 is 1.21 bits per heavy atom. The van der Waals surface area contributed by atoms with Gasteiger partial charge in [0, 0.05) is 17.8 Å². The van der Waals surface area contributed by atoms with Crippen molar-refractivity contribution in [1.82, 2.24) is 14.9 Å². The van der Waals surface area contributed by atoms with Gasteiger partial charge in [0.15, 0.2) is 5.11 Å². The van der Waals surface area contributed by atoms with E-state index >= 15 is 0 Å². The highest BCUT2D eigenvalue weighted by molar-refractivity contribution is 7.80. The highest BCUT2D eigenvalue weighted by atomic mass is 32.1. The molecule has 8 heteroatoms. The summed E-state index contributed by atoms with van der Waals surface area (Å²) in [5, 5.41) is 15.3. The van der Waals surface area contributed by atoms with Gasteiger partial charge < -0.3 is 25.1 Å². The number of aromatic amines is 1. The number of hydrogen-bond acceptors (Lipinski definition) is 4. The van der Waals surface area contributed by atoms with E-state index in [0.717, 1.165) is 5.69 Å². The smallest absolute Gasteiger partial charge is 0.174 e. The van der Waals surface area contributed by atoms with E-state index in [1.165, 1.54) is 18.5 Å². The van der Waals surface area contributed by atoms with Crippen molar-refractivity contribution in [1.29, 1.82) is 0 Å². The first-order valence-corrected chi connectivity index (χ1v) is 9.08. The number of carbonyl (C=O) groups excluding carboxylic acids is 1. The molecule has 2 heterocycles. The number of carboxylic acid groups (broad SMARTS) is 1. The number of H-pyrrole nitrogens is 1. The van der Waals surface area contributed by atoms with Crippen molar-refractivity contribution in [3.05, 3.63) is 83.7 Å². The first-order chi connectivity index (χ1) is 13.5. The highest BCUT2D eigenvalue weighted by Crippen LogP contribution is 2.36. The molecule has 4 rings (SSSR count). The molecule has 1 aliphatic heterocycles. The molecule has 0 saturated heterocycles. The summed E-state index contributed by atoms with van der Waals surface area (Å²) in [6.07, 6.45) is 1.69. The number of rotatable bonds is 3. The van der Waals surface area contributed by atoms with Crippen LogP contribution in [0.4, 0.5) is 10.1 Å². The number of nitrogens with zero attached hydrogens (tertiary/aromatic N) is 2. The Morgan fingerprint density at radius 3 is 2.61 bits per heavy atom. The number of carboxylic acids is 1. The van der Waals surface area contributed by atoms with Gasteiger partial charge in [-0.15, -0.1) is 0 Å².